The molecule has 1 saturated heterocycles. The first-order valence-electron chi connectivity index (χ1n) is 10.4. The molecule has 4 rings (SSSR count). The van der Waals surface area contributed by atoms with E-state index in [2.05, 4.69) is 0 Å². The van der Waals surface area contributed by atoms with Crippen LogP contribution in [0.2, 0.25) is 0 Å². The highest BCUT2D eigenvalue weighted by Crippen LogP contribution is 2.32. The molecule has 1 aliphatic heterocycles. The minimum atomic E-state index is -0.157. The summed E-state index contributed by atoms with van der Waals surface area (Å²) in [4.78, 5) is 19.5. The number of carbonyl (C=O) groups excluding carboxylic acids is 1. The Balaban J connectivity index is 1.52. The zero-order valence-electron chi connectivity index (χ0n) is 17.7. The number of thiazole rings is 1. The van der Waals surface area contributed by atoms with Crippen molar-refractivity contribution in [2.45, 2.75) is 25.9 Å². The Labute approximate surface area is 185 Å². The van der Waals surface area contributed by atoms with Crippen molar-refractivity contribution in [3.8, 4) is 17.2 Å². The van der Waals surface area contributed by atoms with Crippen LogP contribution in [-0.4, -0.2) is 50.5 Å². The predicted octanol–water partition coefficient (Wildman–Crippen LogP) is 4.29. The summed E-state index contributed by atoms with van der Waals surface area (Å²) in [6.07, 6.45) is 1.95. The number of rotatable bonds is 9. The zero-order chi connectivity index (χ0) is 21.6. The molecule has 31 heavy (non-hydrogen) atoms. The first kappa shape index (κ1) is 21.4. The first-order valence-corrected chi connectivity index (χ1v) is 11.2. The quantitative estimate of drug-likeness (QED) is 0.492. The van der Waals surface area contributed by atoms with Crippen molar-refractivity contribution in [3.05, 3.63) is 42.5 Å². The van der Waals surface area contributed by atoms with Crippen LogP contribution in [0.5, 0.6) is 17.2 Å². The summed E-state index contributed by atoms with van der Waals surface area (Å²) >= 11 is 1.47. The van der Waals surface area contributed by atoms with Crippen LogP contribution in [0.4, 0.5) is 5.13 Å². The molecule has 1 fully saturated rings. The van der Waals surface area contributed by atoms with E-state index in [1.54, 1.807) is 36.3 Å². The lowest BCUT2D eigenvalue weighted by atomic mass is 10.2. The lowest BCUT2D eigenvalue weighted by Crippen LogP contribution is -2.40. The molecule has 1 unspecified atom stereocenters. The molecule has 0 saturated carbocycles. The third kappa shape index (κ3) is 5.26. The Morgan fingerprint density at radius 1 is 1.16 bits per heavy atom. The van der Waals surface area contributed by atoms with Crippen LogP contribution in [0.1, 0.15) is 19.8 Å². The molecule has 1 aromatic heterocycles. The summed E-state index contributed by atoms with van der Waals surface area (Å²) in [5.74, 6) is 1.98. The first-order chi connectivity index (χ1) is 15.2. The lowest BCUT2D eigenvalue weighted by molar-refractivity contribution is -0.120. The van der Waals surface area contributed by atoms with Crippen LogP contribution in [0.3, 0.4) is 0 Å². The smallest absolute Gasteiger partial charge is 0.266 e. The van der Waals surface area contributed by atoms with Gasteiger partial charge in [-0.3, -0.25) is 9.69 Å². The summed E-state index contributed by atoms with van der Waals surface area (Å²) in [6, 6.07) is 12.9. The van der Waals surface area contributed by atoms with Crippen molar-refractivity contribution < 1.29 is 23.7 Å². The topological polar surface area (TPSA) is 70.1 Å². The average molecular weight is 443 g/mol. The largest absolute Gasteiger partial charge is 0.497 e. The zero-order valence-corrected chi connectivity index (χ0v) is 18.5. The van der Waals surface area contributed by atoms with E-state index >= 15 is 0 Å². The van der Waals surface area contributed by atoms with Crippen LogP contribution in [0, 0.1) is 0 Å². The van der Waals surface area contributed by atoms with Gasteiger partial charge in [-0.2, -0.15) is 0 Å². The Kier molecular flexibility index (Phi) is 6.89. The number of benzene rings is 2. The monoisotopic (exact) mass is 442 g/mol. The molecule has 7 nitrogen and oxygen atoms in total. The fourth-order valence-corrected chi connectivity index (χ4v) is 4.46. The van der Waals surface area contributed by atoms with Gasteiger partial charge in [0.25, 0.3) is 5.91 Å². The van der Waals surface area contributed by atoms with Gasteiger partial charge in [-0.15, -0.1) is 0 Å². The maximum Gasteiger partial charge on any atom is 0.266 e. The fourth-order valence-electron chi connectivity index (χ4n) is 3.44. The molecule has 0 aliphatic carbocycles. The number of hydrogen-bond acceptors (Lipinski definition) is 7. The summed E-state index contributed by atoms with van der Waals surface area (Å²) in [5, 5.41) is 0.641. The predicted molar refractivity (Wildman–Crippen MR) is 121 cm³/mol. The molecule has 2 aromatic carbocycles. The number of methoxy groups -OCH3 is 1. The van der Waals surface area contributed by atoms with Gasteiger partial charge in [0.15, 0.2) is 11.7 Å². The lowest BCUT2D eigenvalue weighted by Gasteiger charge is -2.23. The van der Waals surface area contributed by atoms with Gasteiger partial charge in [-0.1, -0.05) is 11.3 Å². The normalized spacial score (nSPS) is 15.7. The van der Waals surface area contributed by atoms with Crippen LogP contribution in [0.25, 0.3) is 10.2 Å². The summed E-state index contributed by atoms with van der Waals surface area (Å²) in [6.45, 7) is 3.66. The van der Waals surface area contributed by atoms with E-state index in [1.807, 2.05) is 25.1 Å². The highest BCUT2D eigenvalue weighted by atomic mass is 32.1. The van der Waals surface area contributed by atoms with Gasteiger partial charge in [-0.25, -0.2) is 4.98 Å². The van der Waals surface area contributed by atoms with E-state index in [-0.39, 0.29) is 18.6 Å². The minimum absolute atomic E-state index is 0.0101. The van der Waals surface area contributed by atoms with Gasteiger partial charge in [0.2, 0.25) is 0 Å². The molecule has 1 aliphatic rings. The molecule has 3 aromatic rings. The van der Waals surface area contributed by atoms with Crippen molar-refractivity contribution in [3.63, 3.8) is 0 Å². The van der Waals surface area contributed by atoms with Gasteiger partial charge >= 0.3 is 0 Å². The van der Waals surface area contributed by atoms with Crippen LogP contribution < -0.4 is 19.1 Å². The van der Waals surface area contributed by atoms with Gasteiger partial charge < -0.3 is 18.9 Å². The van der Waals surface area contributed by atoms with Crippen LogP contribution in [0.15, 0.2) is 42.5 Å². The summed E-state index contributed by atoms with van der Waals surface area (Å²) < 4.78 is 23.2. The molecule has 0 spiro atoms. The number of aromatic nitrogens is 1. The number of anilines is 1. The van der Waals surface area contributed by atoms with E-state index in [9.17, 15) is 4.79 Å². The highest BCUT2D eigenvalue weighted by Gasteiger charge is 2.26. The van der Waals surface area contributed by atoms with Crippen molar-refractivity contribution in [1.29, 1.82) is 0 Å². The van der Waals surface area contributed by atoms with Gasteiger partial charge in [0.1, 0.15) is 17.2 Å². The number of amides is 1. The summed E-state index contributed by atoms with van der Waals surface area (Å²) in [7, 11) is 1.61. The van der Waals surface area contributed by atoms with E-state index < -0.39 is 0 Å². The van der Waals surface area contributed by atoms with Crippen molar-refractivity contribution in [2.75, 3.05) is 38.4 Å². The third-order valence-electron chi connectivity index (χ3n) is 5.02. The minimum Gasteiger partial charge on any atom is -0.497 e. The third-order valence-corrected chi connectivity index (χ3v) is 6.06. The van der Waals surface area contributed by atoms with Gasteiger partial charge in [0, 0.05) is 6.61 Å². The number of carbonyl (C=O) groups is 1. The number of nitrogens with zero attached hydrogens (tertiary/aromatic N) is 2. The molecule has 164 valence electrons. The number of hydrogen-bond donors (Lipinski definition) is 0. The molecule has 8 heteroatoms. The Morgan fingerprint density at radius 2 is 1.94 bits per heavy atom. The van der Waals surface area contributed by atoms with E-state index in [0.29, 0.717) is 24.0 Å². The van der Waals surface area contributed by atoms with E-state index in [0.717, 1.165) is 41.2 Å². The standard InChI is InChI=1S/C23H26N2O5S/c1-3-28-18-10-11-20-21(13-18)31-23(24-20)25(14-19-5-4-12-29-19)22(26)15-30-17-8-6-16(27-2)7-9-17/h6-11,13,19H,3-5,12,14-15H2,1-2H3. The second-order valence-electron chi connectivity index (χ2n) is 7.16. The van der Waals surface area contributed by atoms with Crippen molar-refractivity contribution in [2.24, 2.45) is 0 Å². The Bertz CT molecular complexity index is 1010. The molecule has 0 N–H and O–H groups in total. The maximum absolute atomic E-state index is 13.1. The number of ether oxygens (including phenoxy) is 4. The fraction of sp³-hybridized carbons (Fsp3) is 0.391. The molecule has 0 radical (unpaired) electrons. The molecular formula is C23H26N2O5S. The van der Waals surface area contributed by atoms with Crippen LogP contribution in [-0.2, 0) is 9.53 Å². The van der Waals surface area contributed by atoms with Crippen LogP contribution >= 0.6 is 11.3 Å². The summed E-state index contributed by atoms with van der Waals surface area (Å²) in [5.41, 5.74) is 0.838. The van der Waals surface area contributed by atoms with Gasteiger partial charge in [0.05, 0.1) is 36.6 Å². The molecule has 2 heterocycles. The Hall–Kier alpha value is -2.84. The molecule has 1 atom stereocenters. The molecule has 1 amide bonds. The molecule has 0 bridgehead atoms. The van der Waals surface area contributed by atoms with Gasteiger partial charge in [-0.05, 0) is 62.2 Å². The van der Waals surface area contributed by atoms with E-state index in [1.165, 1.54) is 11.3 Å². The van der Waals surface area contributed by atoms with Crippen molar-refractivity contribution >= 4 is 32.6 Å². The van der Waals surface area contributed by atoms with E-state index in [4.69, 9.17) is 23.9 Å². The van der Waals surface area contributed by atoms with Crippen molar-refractivity contribution in [1.82, 2.24) is 4.98 Å². The number of fused-ring (bicyclic) bond motifs is 1. The molecular weight excluding hydrogens is 416 g/mol. The second kappa shape index (κ2) is 9.98. The average Bonchev–Trinajstić information content (AvgIpc) is 3.45. The maximum atomic E-state index is 13.1. The SMILES string of the molecule is CCOc1ccc2nc(N(CC3CCCO3)C(=O)COc3ccc(OC)cc3)sc2c1. The highest BCUT2D eigenvalue weighted by molar-refractivity contribution is 7.22. The Morgan fingerprint density at radius 3 is 2.65 bits per heavy atom. The second-order valence-corrected chi connectivity index (χ2v) is 8.17.